The highest BCUT2D eigenvalue weighted by molar-refractivity contribution is 7.26. The van der Waals surface area contributed by atoms with Gasteiger partial charge in [0.1, 0.15) is 11.2 Å². The summed E-state index contributed by atoms with van der Waals surface area (Å²) in [5.41, 5.74) is 13.5. The second kappa shape index (κ2) is 13.3. The standard InChI is InChI=1S/C52H32N2OS/c1-3-13-33(14-4-1)37-29-38(41-20-11-21-43-42-17-8-10-24-49(42)56-51(41)43)31-39(30-37)46-32-45(53-52(54-46)36-15-5-2-6-16-36)35-27-25-34(26-28-35)40-19-12-23-48-50(40)44-18-7-9-22-47(44)55-48/h1-32H. The summed E-state index contributed by atoms with van der Waals surface area (Å²) in [5, 5.41) is 4.83. The molecule has 56 heavy (non-hydrogen) atoms. The SMILES string of the molecule is c1ccc(-c2cc(-c3cc(-c4ccc(-c5cccc6oc7ccccc7c56)cc4)nc(-c4ccccc4)n3)cc(-c3cccc4c3sc3ccccc34)c2)cc1. The van der Waals surface area contributed by atoms with E-state index in [0.717, 1.165) is 77.8 Å². The number of thiophene rings is 1. The van der Waals surface area contributed by atoms with Gasteiger partial charge in [-0.25, -0.2) is 9.97 Å². The Bertz CT molecular complexity index is 3240. The van der Waals surface area contributed by atoms with Crippen molar-refractivity contribution >= 4 is 53.4 Å². The van der Waals surface area contributed by atoms with Crippen molar-refractivity contribution in [1.29, 1.82) is 0 Å². The Balaban J connectivity index is 1.08. The fourth-order valence-corrected chi connectivity index (χ4v) is 9.24. The van der Waals surface area contributed by atoms with E-state index in [-0.39, 0.29) is 0 Å². The minimum Gasteiger partial charge on any atom is -0.456 e. The van der Waals surface area contributed by atoms with E-state index in [2.05, 4.69) is 158 Å². The summed E-state index contributed by atoms with van der Waals surface area (Å²) >= 11 is 1.86. The van der Waals surface area contributed by atoms with Gasteiger partial charge < -0.3 is 4.42 Å². The lowest BCUT2D eigenvalue weighted by molar-refractivity contribution is 0.669. The molecule has 0 fully saturated rings. The summed E-state index contributed by atoms with van der Waals surface area (Å²) in [4.78, 5) is 10.5. The summed E-state index contributed by atoms with van der Waals surface area (Å²) in [7, 11) is 0. The molecule has 0 N–H and O–H groups in total. The molecule has 0 aliphatic carbocycles. The third-order valence-electron chi connectivity index (χ3n) is 10.7. The summed E-state index contributed by atoms with van der Waals surface area (Å²) in [6.07, 6.45) is 0. The Kier molecular flexibility index (Phi) is 7.68. The van der Waals surface area contributed by atoms with Gasteiger partial charge in [0.2, 0.25) is 0 Å². The van der Waals surface area contributed by atoms with Crippen molar-refractivity contribution in [3.05, 3.63) is 194 Å². The molecule has 3 heterocycles. The van der Waals surface area contributed by atoms with Crippen LogP contribution in [0.15, 0.2) is 199 Å². The number of aromatic nitrogens is 2. The first-order valence-corrected chi connectivity index (χ1v) is 19.6. The summed E-state index contributed by atoms with van der Waals surface area (Å²) < 4.78 is 8.79. The predicted molar refractivity (Wildman–Crippen MR) is 235 cm³/mol. The number of para-hydroxylation sites is 1. The molecule has 0 saturated carbocycles. The number of hydrogen-bond donors (Lipinski definition) is 0. The molecule has 0 radical (unpaired) electrons. The largest absolute Gasteiger partial charge is 0.456 e. The zero-order chi connectivity index (χ0) is 37.0. The number of rotatable bonds is 6. The van der Waals surface area contributed by atoms with Gasteiger partial charge >= 0.3 is 0 Å². The van der Waals surface area contributed by atoms with Crippen molar-refractivity contribution in [2.75, 3.05) is 0 Å². The quantitative estimate of drug-likeness (QED) is 0.171. The van der Waals surface area contributed by atoms with Gasteiger partial charge in [0.05, 0.1) is 11.4 Å². The maximum atomic E-state index is 6.21. The molecule has 0 saturated heterocycles. The van der Waals surface area contributed by atoms with Crippen molar-refractivity contribution in [3.63, 3.8) is 0 Å². The molecule has 11 aromatic rings. The average Bonchev–Trinajstić information content (AvgIpc) is 3.86. The Morgan fingerprint density at radius 3 is 1.77 bits per heavy atom. The molecular formula is C52H32N2OS. The summed E-state index contributed by atoms with van der Waals surface area (Å²) in [6.45, 7) is 0. The van der Waals surface area contributed by atoms with Crippen LogP contribution in [0.2, 0.25) is 0 Å². The van der Waals surface area contributed by atoms with Crippen LogP contribution in [0.4, 0.5) is 0 Å². The van der Waals surface area contributed by atoms with Gasteiger partial charge in [0.25, 0.3) is 0 Å². The van der Waals surface area contributed by atoms with Gasteiger partial charge in [-0.2, -0.15) is 0 Å². The fourth-order valence-electron chi connectivity index (χ4n) is 8.00. The molecule has 0 bridgehead atoms. The van der Waals surface area contributed by atoms with E-state index in [1.807, 2.05) is 47.7 Å². The lowest BCUT2D eigenvalue weighted by atomic mass is 9.93. The second-order valence-corrected chi connectivity index (χ2v) is 15.2. The van der Waals surface area contributed by atoms with Crippen LogP contribution in [-0.2, 0) is 0 Å². The molecule has 0 amide bonds. The zero-order valence-corrected chi connectivity index (χ0v) is 31.0. The molecule has 0 unspecified atom stereocenters. The third-order valence-corrected chi connectivity index (χ3v) is 11.9. The van der Waals surface area contributed by atoms with E-state index in [0.29, 0.717) is 5.82 Å². The maximum absolute atomic E-state index is 6.21. The molecule has 0 aliphatic heterocycles. The van der Waals surface area contributed by atoms with Crippen LogP contribution in [0.1, 0.15) is 0 Å². The summed E-state index contributed by atoms with van der Waals surface area (Å²) in [5.74, 6) is 0.690. The van der Waals surface area contributed by atoms with Crippen molar-refractivity contribution in [2.45, 2.75) is 0 Å². The third kappa shape index (κ3) is 5.58. The lowest BCUT2D eigenvalue weighted by Gasteiger charge is -2.14. The number of fused-ring (bicyclic) bond motifs is 6. The molecule has 4 heteroatoms. The Morgan fingerprint density at radius 1 is 0.357 bits per heavy atom. The normalized spacial score (nSPS) is 11.6. The van der Waals surface area contributed by atoms with E-state index < -0.39 is 0 Å². The lowest BCUT2D eigenvalue weighted by Crippen LogP contribution is -1.96. The van der Waals surface area contributed by atoms with Crippen LogP contribution < -0.4 is 0 Å². The van der Waals surface area contributed by atoms with E-state index >= 15 is 0 Å². The Hall–Kier alpha value is -7.14. The van der Waals surface area contributed by atoms with Crippen LogP contribution in [0.3, 0.4) is 0 Å². The first-order chi connectivity index (χ1) is 27.7. The number of nitrogens with zero attached hydrogens (tertiary/aromatic N) is 2. The summed E-state index contributed by atoms with van der Waals surface area (Å²) in [6, 6.07) is 68.5. The number of benzene rings is 8. The highest BCUT2D eigenvalue weighted by Gasteiger charge is 2.17. The number of hydrogen-bond acceptors (Lipinski definition) is 4. The highest BCUT2D eigenvalue weighted by Crippen LogP contribution is 2.43. The van der Waals surface area contributed by atoms with Crippen molar-refractivity contribution in [2.24, 2.45) is 0 Å². The molecule has 0 aliphatic rings. The molecule has 11 rings (SSSR count). The topological polar surface area (TPSA) is 38.9 Å². The minimum atomic E-state index is 0.690. The second-order valence-electron chi connectivity index (χ2n) is 14.1. The predicted octanol–water partition coefficient (Wildman–Crippen LogP) is 14.7. The molecule has 262 valence electrons. The molecule has 3 aromatic heterocycles. The van der Waals surface area contributed by atoms with Gasteiger partial charge in [-0.1, -0.05) is 152 Å². The Morgan fingerprint density at radius 2 is 0.946 bits per heavy atom. The van der Waals surface area contributed by atoms with Crippen molar-refractivity contribution in [1.82, 2.24) is 9.97 Å². The smallest absolute Gasteiger partial charge is 0.160 e. The van der Waals surface area contributed by atoms with E-state index in [1.165, 1.54) is 25.7 Å². The molecule has 0 spiro atoms. The van der Waals surface area contributed by atoms with Gasteiger partial charge in [0.15, 0.2) is 5.82 Å². The molecular weight excluding hydrogens is 701 g/mol. The zero-order valence-electron chi connectivity index (χ0n) is 30.2. The van der Waals surface area contributed by atoms with Gasteiger partial charge in [-0.3, -0.25) is 0 Å². The first kappa shape index (κ1) is 32.3. The molecule has 8 aromatic carbocycles. The van der Waals surface area contributed by atoms with Gasteiger partial charge in [-0.15, -0.1) is 11.3 Å². The van der Waals surface area contributed by atoms with Crippen LogP contribution in [0.25, 0.3) is 109 Å². The van der Waals surface area contributed by atoms with Crippen LogP contribution >= 0.6 is 11.3 Å². The van der Waals surface area contributed by atoms with E-state index in [1.54, 1.807) is 0 Å². The highest BCUT2D eigenvalue weighted by atomic mass is 32.1. The fraction of sp³-hybridized carbons (Fsp3) is 0. The van der Waals surface area contributed by atoms with Crippen molar-refractivity contribution < 1.29 is 4.42 Å². The van der Waals surface area contributed by atoms with Gasteiger partial charge in [0, 0.05) is 47.6 Å². The maximum Gasteiger partial charge on any atom is 0.160 e. The van der Waals surface area contributed by atoms with Crippen LogP contribution in [0.5, 0.6) is 0 Å². The number of furan rings is 1. The van der Waals surface area contributed by atoms with Crippen molar-refractivity contribution in [3.8, 4) is 67.3 Å². The van der Waals surface area contributed by atoms with E-state index in [4.69, 9.17) is 14.4 Å². The Labute approximate surface area is 327 Å². The first-order valence-electron chi connectivity index (χ1n) is 18.8. The molecule has 0 atom stereocenters. The van der Waals surface area contributed by atoms with Crippen LogP contribution in [-0.4, -0.2) is 9.97 Å². The van der Waals surface area contributed by atoms with E-state index in [9.17, 15) is 0 Å². The van der Waals surface area contributed by atoms with Gasteiger partial charge in [-0.05, 0) is 75.8 Å². The monoisotopic (exact) mass is 732 g/mol. The average molecular weight is 733 g/mol. The minimum absolute atomic E-state index is 0.690. The molecule has 3 nitrogen and oxygen atoms in total. The van der Waals surface area contributed by atoms with Crippen LogP contribution in [0, 0.1) is 0 Å².